The minimum atomic E-state index is -0.366. The van der Waals surface area contributed by atoms with Gasteiger partial charge in [-0.1, -0.05) is 0 Å². The highest BCUT2D eigenvalue weighted by atomic mass is 16.5. The third-order valence-corrected chi connectivity index (χ3v) is 13.2. The fraction of sp³-hybridized carbons (Fsp3) is 0.508. The van der Waals surface area contributed by atoms with Gasteiger partial charge in [0.15, 0.2) is 34.5 Å². The zero-order valence-corrected chi connectivity index (χ0v) is 50.7. The number of rotatable bonds is 40. The maximum atomic E-state index is 13.8. The number of hydrogen-bond donors (Lipinski definition) is 5. The zero-order chi connectivity index (χ0) is 61.6. The van der Waals surface area contributed by atoms with E-state index < -0.39 is 0 Å². The van der Waals surface area contributed by atoms with Crippen LogP contribution in [0.1, 0.15) is 120 Å². The lowest BCUT2D eigenvalue weighted by atomic mass is 9.97. The SMILES string of the molecule is COc1cc(C(=O)NCCCOc2cc(OCCCNC(=O)c3cc(OC)c(OC)c(OC)c3CCCNC(C)=O)cc(OCCCNC(=O)c3cc(OC)c(OC)c(OC)c3CCCNC(C)=O)c2)c(CCCCC(C)=O)c(OC)c1OC. The maximum absolute atomic E-state index is 13.8. The Kier molecular flexibility index (Phi) is 29.3. The van der Waals surface area contributed by atoms with Crippen molar-refractivity contribution in [2.45, 2.75) is 91.4 Å². The molecule has 0 fully saturated rings. The van der Waals surface area contributed by atoms with Crippen LogP contribution in [0.5, 0.6) is 69.0 Å². The van der Waals surface area contributed by atoms with E-state index in [9.17, 15) is 28.8 Å². The fourth-order valence-electron chi connectivity index (χ4n) is 9.21. The molecule has 0 aromatic heterocycles. The van der Waals surface area contributed by atoms with E-state index in [1.54, 1.807) is 43.3 Å². The van der Waals surface area contributed by atoms with Gasteiger partial charge in [0.25, 0.3) is 17.7 Å². The number of ether oxygens (including phenoxy) is 12. The third-order valence-electron chi connectivity index (χ3n) is 13.2. The van der Waals surface area contributed by atoms with Crippen molar-refractivity contribution in [3.05, 3.63) is 69.8 Å². The molecule has 0 heterocycles. The molecule has 0 aliphatic carbocycles. The van der Waals surface area contributed by atoms with E-state index in [-0.39, 0.29) is 74.8 Å². The average Bonchev–Trinajstić information content (AvgIpc) is 2.17. The van der Waals surface area contributed by atoms with Gasteiger partial charge in [-0.3, -0.25) is 24.0 Å². The molecule has 23 heteroatoms. The van der Waals surface area contributed by atoms with Crippen LogP contribution in [0.2, 0.25) is 0 Å². The Hall–Kier alpha value is -8.50. The summed E-state index contributed by atoms with van der Waals surface area (Å²) in [5, 5.41) is 14.5. The van der Waals surface area contributed by atoms with E-state index in [4.69, 9.17) is 56.8 Å². The molecular weight excluding hydrogens is 1090 g/mol. The Morgan fingerprint density at radius 3 is 0.881 bits per heavy atom. The number of methoxy groups -OCH3 is 9. The van der Waals surface area contributed by atoms with Crippen LogP contribution < -0.4 is 83.4 Å². The molecule has 0 aliphatic rings. The molecular formula is C61H85N5O18. The molecule has 0 saturated heterocycles. The Balaban J connectivity index is 1.49. The van der Waals surface area contributed by atoms with E-state index in [1.807, 2.05) is 0 Å². The number of ketones is 1. The Morgan fingerprint density at radius 2 is 0.619 bits per heavy atom. The number of Topliss-reactive ketones (excluding diaryl/α,β-unsaturated/α-hetero) is 1. The lowest BCUT2D eigenvalue weighted by Gasteiger charge is -2.20. The van der Waals surface area contributed by atoms with Crippen molar-refractivity contribution in [1.82, 2.24) is 26.6 Å². The van der Waals surface area contributed by atoms with Crippen molar-refractivity contribution < 1.29 is 85.6 Å². The number of carbonyl (C=O) groups excluding carboxylic acids is 6. The minimum Gasteiger partial charge on any atom is -0.493 e. The highest BCUT2D eigenvalue weighted by Gasteiger charge is 2.27. The predicted octanol–water partition coefficient (Wildman–Crippen LogP) is 6.80. The number of amides is 5. The molecule has 4 rings (SSSR count). The number of hydrogen-bond acceptors (Lipinski definition) is 18. The van der Waals surface area contributed by atoms with E-state index in [2.05, 4.69) is 26.6 Å². The van der Waals surface area contributed by atoms with Crippen LogP contribution in [-0.2, 0) is 33.6 Å². The summed E-state index contributed by atoms with van der Waals surface area (Å²) in [6.07, 6.45) is 5.28. The molecule has 0 radical (unpaired) electrons. The van der Waals surface area contributed by atoms with Crippen LogP contribution in [0.15, 0.2) is 36.4 Å². The largest absolute Gasteiger partial charge is 0.493 e. The van der Waals surface area contributed by atoms with Crippen molar-refractivity contribution in [3.63, 3.8) is 0 Å². The van der Waals surface area contributed by atoms with Crippen LogP contribution in [-0.4, -0.2) is 152 Å². The summed E-state index contributed by atoms with van der Waals surface area (Å²) < 4.78 is 69.3. The van der Waals surface area contributed by atoms with Gasteiger partial charge in [0, 0.05) is 87.9 Å². The quantitative estimate of drug-likeness (QED) is 0.0286. The van der Waals surface area contributed by atoms with Gasteiger partial charge < -0.3 is 88.2 Å². The van der Waals surface area contributed by atoms with Crippen LogP contribution in [0.4, 0.5) is 0 Å². The van der Waals surface area contributed by atoms with Crippen LogP contribution >= 0.6 is 0 Å². The van der Waals surface area contributed by atoms with Gasteiger partial charge in [0.2, 0.25) is 29.1 Å². The first-order chi connectivity index (χ1) is 40.5. The monoisotopic (exact) mass is 1180 g/mol. The normalized spacial score (nSPS) is 10.6. The second-order valence-corrected chi connectivity index (χ2v) is 19.1. The molecule has 0 bridgehead atoms. The van der Waals surface area contributed by atoms with Gasteiger partial charge in [0.05, 0.1) is 100 Å². The van der Waals surface area contributed by atoms with Crippen molar-refractivity contribution >= 4 is 35.3 Å². The molecule has 4 aromatic carbocycles. The third kappa shape index (κ3) is 20.1. The first-order valence-electron chi connectivity index (χ1n) is 27.9. The lowest BCUT2D eigenvalue weighted by Crippen LogP contribution is -2.27. The van der Waals surface area contributed by atoms with E-state index in [0.717, 1.165) is 0 Å². The van der Waals surface area contributed by atoms with Crippen molar-refractivity contribution in [2.75, 3.05) is 117 Å². The molecule has 4 aromatic rings. The second kappa shape index (κ2) is 36.2. The molecule has 0 aliphatic heterocycles. The summed E-state index contributed by atoms with van der Waals surface area (Å²) in [6.45, 7) is 6.53. The molecule has 462 valence electrons. The summed E-state index contributed by atoms with van der Waals surface area (Å²) in [7, 11) is 13.4. The zero-order valence-electron chi connectivity index (χ0n) is 50.7. The maximum Gasteiger partial charge on any atom is 0.251 e. The van der Waals surface area contributed by atoms with E-state index in [0.29, 0.717) is 186 Å². The van der Waals surface area contributed by atoms with Gasteiger partial charge in [-0.15, -0.1) is 0 Å². The minimum absolute atomic E-state index is 0.0886. The molecule has 0 spiro atoms. The van der Waals surface area contributed by atoms with Crippen LogP contribution in [0.25, 0.3) is 0 Å². The summed E-state index contributed by atoms with van der Waals surface area (Å²) in [4.78, 5) is 76.1. The standard InChI is InChI=1S/C61H85N5O18/c1-38(67)20-13-14-21-44-47(35-50(73-4)56(79-10)53(44)76-7)59(70)64-26-17-29-82-41-32-42(83-30-18-27-65-60(71)48-36-51(74-5)57(80-11)54(77-8)45(48)22-15-24-62-39(2)68)34-43(33-41)84-31-19-28-66-61(72)49-37-52(75-6)58(81-12)55(78-9)46(49)23-16-25-63-40(3)69/h32-37H,13-31H2,1-12H3,(H,62,68)(H,63,69)(H,64,70)(H,65,71)(H,66,72). The fourth-order valence-corrected chi connectivity index (χ4v) is 9.21. The number of benzene rings is 4. The number of unbranched alkanes of at least 4 members (excludes halogenated alkanes) is 1. The van der Waals surface area contributed by atoms with Crippen molar-refractivity contribution in [1.29, 1.82) is 0 Å². The molecule has 0 atom stereocenters. The second-order valence-electron chi connectivity index (χ2n) is 19.1. The molecule has 23 nitrogen and oxygen atoms in total. The first kappa shape index (κ1) is 68.0. The highest BCUT2D eigenvalue weighted by molar-refractivity contribution is 5.99. The number of nitrogens with one attached hydrogen (secondary N) is 5. The smallest absolute Gasteiger partial charge is 0.251 e. The summed E-state index contributed by atoms with van der Waals surface area (Å²) in [5.41, 5.74) is 2.88. The Bertz CT molecular complexity index is 2530. The molecule has 0 saturated carbocycles. The molecule has 5 amide bonds. The predicted molar refractivity (Wildman–Crippen MR) is 314 cm³/mol. The molecule has 84 heavy (non-hydrogen) atoms. The van der Waals surface area contributed by atoms with Gasteiger partial charge in [-0.05, 0) is 89.3 Å². The van der Waals surface area contributed by atoms with Crippen molar-refractivity contribution in [3.8, 4) is 69.0 Å². The summed E-state index contributed by atoms with van der Waals surface area (Å²) in [6, 6.07) is 9.98. The van der Waals surface area contributed by atoms with Gasteiger partial charge in [-0.2, -0.15) is 0 Å². The molecule has 0 unspecified atom stereocenters. The topological polar surface area (TPSA) is 273 Å². The van der Waals surface area contributed by atoms with Gasteiger partial charge >= 0.3 is 0 Å². The van der Waals surface area contributed by atoms with E-state index >= 15 is 0 Å². The first-order valence-corrected chi connectivity index (χ1v) is 27.9. The molecule has 5 N–H and O–H groups in total. The average molecular weight is 1180 g/mol. The van der Waals surface area contributed by atoms with Crippen LogP contribution in [0.3, 0.4) is 0 Å². The Morgan fingerprint density at radius 1 is 0.333 bits per heavy atom. The lowest BCUT2D eigenvalue weighted by molar-refractivity contribution is -0.119. The van der Waals surface area contributed by atoms with Crippen molar-refractivity contribution in [2.24, 2.45) is 0 Å². The summed E-state index contributed by atoms with van der Waals surface area (Å²) in [5.74, 6) is 3.09. The summed E-state index contributed by atoms with van der Waals surface area (Å²) >= 11 is 0. The highest BCUT2D eigenvalue weighted by Crippen LogP contribution is 2.45. The van der Waals surface area contributed by atoms with Crippen LogP contribution in [0, 0.1) is 0 Å². The van der Waals surface area contributed by atoms with Gasteiger partial charge in [-0.25, -0.2) is 0 Å². The van der Waals surface area contributed by atoms with E-state index in [1.165, 1.54) is 77.8 Å². The van der Waals surface area contributed by atoms with Gasteiger partial charge in [0.1, 0.15) is 23.0 Å². The number of carbonyl (C=O) groups is 6. The Labute approximate surface area is 492 Å².